The molecule has 0 unspecified atom stereocenters. The van der Waals surface area contributed by atoms with E-state index in [9.17, 15) is 10.1 Å². The van der Waals surface area contributed by atoms with Gasteiger partial charge in [-0.3, -0.25) is 10.1 Å². The fraction of sp³-hybridized carbons (Fsp3) is 0.357. The Morgan fingerprint density at radius 1 is 1.37 bits per heavy atom. The first-order chi connectivity index (χ1) is 9.09. The SMILES string of the molecule is CC(C)CCNc1c([N+](=O)[O-])cnc2ccccc12. The molecule has 0 radical (unpaired) electrons. The second-order valence-corrected chi connectivity index (χ2v) is 4.90. The average Bonchev–Trinajstić information content (AvgIpc) is 2.38. The quantitative estimate of drug-likeness (QED) is 0.658. The third kappa shape index (κ3) is 2.99. The predicted octanol–water partition coefficient (Wildman–Crippen LogP) is 3.60. The van der Waals surface area contributed by atoms with Crippen LogP contribution in [-0.2, 0) is 0 Å². The van der Waals surface area contributed by atoms with Gasteiger partial charge in [-0.1, -0.05) is 32.0 Å². The minimum Gasteiger partial charge on any atom is -0.379 e. The van der Waals surface area contributed by atoms with Crippen molar-refractivity contribution in [1.29, 1.82) is 0 Å². The number of nitrogens with one attached hydrogen (secondary N) is 1. The van der Waals surface area contributed by atoms with E-state index in [4.69, 9.17) is 0 Å². The Morgan fingerprint density at radius 3 is 2.79 bits per heavy atom. The summed E-state index contributed by atoms with van der Waals surface area (Å²) in [7, 11) is 0. The molecule has 5 nitrogen and oxygen atoms in total. The Morgan fingerprint density at radius 2 is 2.11 bits per heavy atom. The summed E-state index contributed by atoms with van der Waals surface area (Å²) in [6.07, 6.45) is 2.29. The predicted molar refractivity (Wildman–Crippen MR) is 76.3 cm³/mol. The number of aromatic nitrogens is 1. The minimum atomic E-state index is -0.392. The van der Waals surface area contributed by atoms with Gasteiger partial charge in [0, 0.05) is 11.9 Å². The van der Waals surface area contributed by atoms with E-state index in [-0.39, 0.29) is 5.69 Å². The van der Waals surface area contributed by atoms with Crippen LogP contribution >= 0.6 is 0 Å². The molecule has 1 aromatic carbocycles. The van der Waals surface area contributed by atoms with Gasteiger partial charge < -0.3 is 5.32 Å². The molecule has 0 aliphatic rings. The van der Waals surface area contributed by atoms with Crippen molar-refractivity contribution in [1.82, 2.24) is 4.98 Å². The summed E-state index contributed by atoms with van der Waals surface area (Å²) < 4.78 is 0. The molecule has 19 heavy (non-hydrogen) atoms. The number of pyridine rings is 1. The lowest BCUT2D eigenvalue weighted by Crippen LogP contribution is -2.07. The van der Waals surface area contributed by atoms with Crippen LogP contribution in [0.25, 0.3) is 10.9 Å². The maximum atomic E-state index is 11.1. The van der Waals surface area contributed by atoms with E-state index < -0.39 is 4.92 Å². The maximum absolute atomic E-state index is 11.1. The van der Waals surface area contributed by atoms with E-state index in [0.717, 1.165) is 17.3 Å². The lowest BCUT2D eigenvalue weighted by Gasteiger charge is -2.11. The molecule has 0 fully saturated rings. The molecular formula is C14H17N3O2. The van der Waals surface area contributed by atoms with Crippen LogP contribution < -0.4 is 5.32 Å². The summed E-state index contributed by atoms with van der Waals surface area (Å²) in [4.78, 5) is 14.8. The number of hydrogen-bond donors (Lipinski definition) is 1. The Bertz CT molecular complexity index is 596. The van der Waals surface area contributed by atoms with Crippen LogP contribution in [0.5, 0.6) is 0 Å². The zero-order valence-corrected chi connectivity index (χ0v) is 11.1. The molecule has 1 N–H and O–H groups in total. The van der Waals surface area contributed by atoms with E-state index in [0.29, 0.717) is 18.2 Å². The Labute approximate surface area is 111 Å². The van der Waals surface area contributed by atoms with Gasteiger partial charge in [-0.15, -0.1) is 0 Å². The minimum absolute atomic E-state index is 0.0301. The Hall–Kier alpha value is -2.17. The summed E-state index contributed by atoms with van der Waals surface area (Å²) in [5, 5.41) is 15.1. The lowest BCUT2D eigenvalue weighted by molar-refractivity contribution is -0.384. The van der Waals surface area contributed by atoms with Crippen LogP contribution in [0.1, 0.15) is 20.3 Å². The summed E-state index contributed by atoms with van der Waals surface area (Å²) >= 11 is 0. The Kier molecular flexibility index (Phi) is 3.94. The van der Waals surface area contributed by atoms with Gasteiger partial charge in [0.1, 0.15) is 11.9 Å². The van der Waals surface area contributed by atoms with E-state index in [2.05, 4.69) is 24.1 Å². The maximum Gasteiger partial charge on any atom is 0.311 e. The average molecular weight is 259 g/mol. The lowest BCUT2D eigenvalue weighted by atomic mass is 10.1. The third-order valence-corrected chi connectivity index (χ3v) is 2.98. The van der Waals surface area contributed by atoms with Crippen LogP contribution in [0.15, 0.2) is 30.5 Å². The zero-order chi connectivity index (χ0) is 13.8. The molecule has 5 heteroatoms. The van der Waals surface area contributed by atoms with Crippen molar-refractivity contribution in [3.05, 3.63) is 40.6 Å². The number of anilines is 1. The highest BCUT2D eigenvalue weighted by Crippen LogP contribution is 2.31. The first-order valence-corrected chi connectivity index (χ1v) is 6.35. The van der Waals surface area contributed by atoms with E-state index in [1.54, 1.807) is 0 Å². The van der Waals surface area contributed by atoms with E-state index in [1.807, 2.05) is 24.3 Å². The van der Waals surface area contributed by atoms with Crippen molar-refractivity contribution in [3.63, 3.8) is 0 Å². The molecule has 0 spiro atoms. The summed E-state index contributed by atoms with van der Waals surface area (Å²) in [5.74, 6) is 0.555. The molecular weight excluding hydrogens is 242 g/mol. The molecule has 1 heterocycles. The fourth-order valence-electron chi connectivity index (χ4n) is 1.94. The van der Waals surface area contributed by atoms with Gasteiger partial charge in [0.15, 0.2) is 0 Å². The molecule has 0 atom stereocenters. The fourth-order valence-corrected chi connectivity index (χ4v) is 1.94. The van der Waals surface area contributed by atoms with Crippen LogP contribution in [0, 0.1) is 16.0 Å². The number of rotatable bonds is 5. The normalized spacial score (nSPS) is 10.9. The van der Waals surface area contributed by atoms with Crippen LogP contribution in [0.3, 0.4) is 0 Å². The molecule has 100 valence electrons. The Balaban J connectivity index is 2.41. The number of para-hydroxylation sites is 1. The summed E-state index contributed by atoms with van der Waals surface area (Å²) in [6.45, 7) is 4.97. The van der Waals surface area contributed by atoms with Gasteiger partial charge in [-0.05, 0) is 18.4 Å². The molecule has 0 bridgehead atoms. The van der Waals surface area contributed by atoms with Crippen molar-refractivity contribution in [2.75, 3.05) is 11.9 Å². The summed E-state index contributed by atoms with van der Waals surface area (Å²) in [5.41, 5.74) is 1.36. The first kappa shape index (κ1) is 13.3. The molecule has 0 aliphatic heterocycles. The molecule has 0 amide bonds. The van der Waals surface area contributed by atoms with Gasteiger partial charge >= 0.3 is 5.69 Å². The topological polar surface area (TPSA) is 68.1 Å². The molecule has 0 aliphatic carbocycles. The summed E-state index contributed by atoms with van der Waals surface area (Å²) in [6, 6.07) is 7.44. The second-order valence-electron chi connectivity index (χ2n) is 4.90. The van der Waals surface area contributed by atoms with Crippen molar-refractivity contribution >= 4 is 22.3 Å². The van der Waals surface area contributed by atoms with Crippen LogP contribution in [0.2, 0.25) is 0 Å². The highest BCUT2D eigenvalue weighted by molar-refractivity contribution is 5.95. The number of nitrogens with zero attached hydrogens (tertiary/aromatic N) is 2. The van der Waals surface area contributed by atoms with E-state index in [1.165, 1.54) is 6.20 Å². The number of fused-ring (bicyclic) bond motifs is 1. The monoisotopic (exact) mass is 259 g/mol. The van der Waals surface area contributed by atoms with Gasteiger partial charge in [0.25, 0.3) is 0 Å². The van der Waals surface area contributed by atoms with Crippen molar-refractivity contribution < 1.29 is 4.92 Å². The van der Waals surface area contributed by atoms with Crippen LogP contribution in [0.4, 0.5) is 11.4 Å². The van der Waals surface area contributed by atoms with Crippen LogP contribution in [-0.4, -0.2) is 16.5 Å². The molecule has 0 saturated heterocycles. The standard InChI is InChI=1S/C14H17N3O2/c1-10(2)7-8-15-14-11-5-3-4-6-12(11)16-9-13(14)17(18)19/h3-6,9-10H,7-8H2,1-2H3,(H,15,16). The zero-order valence-electron chi connectivity index (χ0n) is 11.1. The van der Waals surface area contributed by atoms with Crippen molar-refractivity contribution in [2.45, 2.75) is 20.3 Å². The van der Waals surface area contributed by atoms with Crippen molar-refractivity contribution in [2.24, 2.45) is 5.92 Å². The van der Waals surface area contributed by atoms with Gasteiger partial charge in [-0.2, -0.15) is 0 Å². The largest absolute Gasteiger partial charge is 0.379 e. The van der Waals surface area contributed by atoms with Gasteiger partial charge in [-0.25, -0.2) is 4.98 Å². The number of hydrogen-bond acceptors (Lipinski definition) is 4. The molecule has 2 rings (SSSR count). The first-order valence-electron chi connectivity index (χ1n) is 6.35. The molecule has 1 aromatic heterocycles. The highest BCUT2D eigenvalue weighted by atomic mass is 16.6. The van der Waals surface area contributed by atoms with E-state index >= 15 is 0 Å². The van der Waals surface area contributed by atoms with Gasteiger partial charge in [0.05, 0.1) is 10.4 Å². The number of nitro groups is 1. The third-order valence-electron chi connectivity index (χ3n) is 2.98. The number of benzene rings is 1. The molecule has 0 saturated carbocycles. The highest BCUT2D eigenvalue weighted by Gasteiger charge is 2.17. The molecule has 2 aromatic rings. The smallest absolute Gasteiger partial charge is 0.311 e. The van der Waals surface area contributed by atoms with Crippen molar-refractivity contribution in [3.8, 4) is 0 Å². The second kappa shape index (κ2) is 5.65. The van der Waals surface area contributed by atoms with Gasteiger partial charge in [0.2, 0.25) is 0 Å².